The van der Waals surface area contributed by atoms with Crippen molar-refractivity contribution in [1.29, 1.82) is 0 Å². The zero-order valence-electron chi connectivity index (χ0n) is 11.5. The molecule has 0 bridgehead atoms. The molecule has 1 saturated carbocycles. The number of amides is 1. The van der Waals surface area contributed by atoms with Gasteiger partial charge in [-0.1, -0.05) is 11.6 Å². The van der Waals surface area contributed by atoms with Crippen molar-refractivity contribution < 1.29 is 18.0 Å². The van der Waals surface area contributed by atoms with Crippen molar-refractivity contribution in [3.63, 3.8) is 0 Å². The van der Waals surface area contributed by atoms with Crippen molar-refractivity contribution in [1.82, 2.24) is 19.7 Å². The molecule has 2 aromatic heterocycles. The first kappa shape index (κ1) is 15.1. The first-order valence-electron chi connectivity index (χ1n) is 6.65. The predicted molar refractivity (Wildman–Crippen MR) is 72.8 cm³/mol. The Morgan fingerprint density at radius 1 is 1.50 bits per heavy atom. The number of fused-ring (bicyclic) bond motifs is 1. The summed E-state index contributed by atoms with van der Waals surface area (Å²) in [5.41, 5.74) is 0.649. The van der Waals surface area contributed by atoms with E-state index in [0.717, 1.165) is 0 Å². The summed E-state index contributed by atoms with van der Waals surface area (Å²) in [5, 5.41) is 2.18. The maximum absolute atomic E-state index is 13.0. The summed E-state index contributed by atoms with van der Waals surface area (Å²) in [7, 11) is 0. The summed E-state index contributed by atoms with van der Waals surface area (Å²) in [6, 6.07) is -0.280. The highest BCUT2D eigenvalue weighted by molar-refractivity contribution is 6.29. The number of imidazole rings is 1. The number of nitrogens with one attached hydrogen (secondary N) is 1. The van der Waals surface area contributed by atoms with Crippen molar-refractivity contribution in [2.75, 3.05) is 0 Å². The number of carbonyl (C=O) groups excluding carboxylic acids is 1. The lowest BCUT2D eigenvalue weighted by atomic mass is 10.1. The second-order valence-corrected chi connectivity index (χ2v) is 5.72. The lowest BCUT2D eigenvalue weighted by molar-refractivity contribution is -0.158. The Morgan fingerprint density at radius 2 is 2.18 bits per heavy atom. The highest BCUT2D eigenvalue weighted by Gasteiger charge is 2.50. The van der Waals surface area contributed by atoms with Crippen LogP contribution < -0.4 is 5.32 Å². The quantitative estimate of drug-likeness (QED) is 0.879. The molecule has 3 rings (SSSR count). The number of alkyl halides is 3. The van der Waals surface area contributed by atoms with Gasteiger partial charge < -0.3 is 5.32 Å². The van der Waals surface area contributed by atoms with Crippen LogP contribution in [0.1, 0.15) is 29.0 Å². The maximum Gasteiger partial charge on any atom is 0.408 e. The van der Waals surface area contributed by atoms with Crippen molar-refractivity contribution in [2.24, 2.45) is 5.92 Å². The monoisotopic (exact) mass is 332 g/mol. The summed E-state index contributed by atoms with van der Waals surface area (Å²) in [4.78, 5) is 20.0. The molecule has 0 spiro atoms. The van der Waals surface area contributed by atoms with Gasteiger partial charge in [0.25, 0.3) is 5.91 Å². The average molecular weight is 333 g/mol. The Labute approximate surface area is 128 Å². The molecular weight excluding hydrogens is 321 g/mol. The lowest BCUT2D eigenvalue weighted by Gasteiger charge is -2.20. The number of hydrogen-bond acceptors (Lipinski definition) is 3. The second kappa shape index (κ2) is 5.12. The number of aryl methyl sites for hydroxylation is 1. The van der Waals surface area contributed by atoms with Gasteiger partial charge in [0.2, 0.25) is 0 Å². The van der Waals surface area contributed by atoms with Crippen molar-refractivity contribution in [3.05, 3.63) is 28.9 Å². The van der Waals surface area contributed by atoms with Crippen molar-refractivity contribution in [3.8, 4) is 0 Å². The second-order valence-electron chi connectivity index (χ2n) is 5.34. The molecule has 5 nitrogen and oxygen atoms in total. The molecule has 2 aromatic rings. The maximum atomic E-state index is 13.0. The standard InChI is InChI=1S/C13H12ClF3N4O/c1-6-4-8(14)19-11-9(18-5-21(6)11)12(22)20-10(7-2-3-7)13(15,16)17/h4-5,7,10H,2-3H2,1H3,(H,20,22)/t10-/m0/s1. The summed E-state index contributed by atoms with van der Waals surface area (Å²) < 4.78 is 40.4. The van der Waals surface area contributed by atoms with Crippen LogP contribution in [-0.2, 0) is 0 Å². The SMILES string of the molecule is Cc1cc(Cl)nc2c(C(=O)N[C@@H](C3CC3)C(F)(F)F)ncn12. The first-order chi connectivity index (χ1) is 10.3. The molecule has 1 N–H and O–H groups in total. The van der Waals surface area contributed by atoms with E-state index in [1.807, 2.05) is 5.32 Å². The Balaban J connectivity index is 1.92. The number of rotatable bonds is 3. The van der Waals surface area contributed by atoms with Gasteiger partial charge in [-0.25, -0.2) is 9.97 Å². The van der Waals surface area contributed by atoms with Gasteiger partial charge in [-0.3, -0.25) is 9.20 Å². The van der Waals surface area contributed by atoms with Crippen LogP contribution in [0.2, 0.25) is 5.15 Å². The third-order valence-electron chi connectivity index (χ3n) is 3.61. The zero-order chi connectivity index (χ0) is 16.1. The number of hydrogen-bond donors (Lipinski definition) is 1. The predicted octanol–water partition coefficient (Wildman–Crippen LogP) is 2.76. The minimum Gasteiger partial charge on any atom is -0.339 e. The van der Waals surface area contributed by atoms with E-state index in [4.69, 9.17) is 11.6 Å². The molecular formula is C13H12ClF3N4O. The van der Waals surface area contributed by atoms with Crippen LogP contribution in [0, 0.1) is 12.8 Å². The lowest BCUT2D eigenvalue weighted by Crippen LogP contribution is -2.47. The van der Waals surface area contributed by atoms with Gasteiger partial charge in [-0.05, 0) is 31.7 Å². The third-order valence-corrected chi connectivity index (χ3v) is 3.80. The normalized spacial score (nSPS) is 16.8. The molecule has 9 heteroatoms. The molecule has 0 unspecified atom stereocenters. The average Bonchev–Trinajstić information content (AvgIpc) is 3.13. The van der Waals surface area contributed by atoms with Gasteiger partial charge in [-0.2, -0.15) is 13.2 Å². The van der Waals surface area contributed by atoms with Gasteiger partial charge in [0.1, 0.15) is 17.5 Å². The molecule has 0 aromatic carbocycles. The van der Waals surface area contributed by atoms with Crippen LogP contribution >= 0.6 is 11.6 Å². The van der Waals surface area contributed by atoms with Crippen LogP contribution in [0.5, 0.6) is 0 Å². The summed E-state index contributed by atoms with van der Waals surface area (Å²) in [5.74, 6) is -1.46. The van der Waals surface area contributed by atoms with Crippen molar-refractivity contribution in [2.45, 2.75) is 32.0 Å². The molecule has 1 amide bonds. The molecule has 0 radical (unpaired) electrons. The minimum absolute atomic E-state index is 0.138. The van der Waals surface area contributed by atoms with E-state index in [-0.39, 0.29) is 16.5 Å². The fourth-order valence-electron chi connectivity index (χ4n) is 2.35. The van der Waals surface area contributed by atoms with E-state index >= 15 is 0 Å². The van der Waals surface area contributed by atoms with Crippen LogP contribution in [0.4, 0.5) is 13.2 Å². The molecule has 22 heavy (non-hydrogen) atoms. The minimum atomic E-state index is -4.48. The smallest absolute Gasteiger partial charge is 0.339 e. The van der Waals surface area contributed by atoms with Gasteiger partial charge in [-0.15, -0.1) is 0 Å². The summed E-state index contributed by atoms with van der Waals surface area (Å²) in [6.45, 7) is 1.73. The fourth-order valence-corrected chi connectivity index (χ4v) is 2.59. The fraction of sp³-hybridized carbons (Fsp3) is 0.462. The van der Waals surface area contributed by atoms with Gasteiger partial charge in [0.15, 0.2) is 11.3 Å². The molecule has 2 heterocycles. The van der Waals surface area contributed by atoms with E-state index in [9.17, 15) is 18.0 Å². The van der Waals surface area contributed by atoms with Crippen LogP contribution in [-0.4, -0.2) is 32.5 Å². The zero-order valence-corrected chi connectivity index (χ0v) is 12.2. The molecule has 0 aliphatic heterocycles. The van der Waals surface area contributed by atoms with E-state index in [2.05, 4.69) is 9.97 Å². The Kier molecular flexibility index (Phi) is 3.51. The van der Waals surface area contributed by atoms with E-state index < -0.39 is 24.0 Å². The molecule has 1 aliphatic rings. The third kappa shape index (κ3) is 2.75. The molecule has 1 atom stereocenters. The Hall–Kier alpha value is -1.83. The highest BCUT2D eigenvalue weighted by Crippen LogP contribution is 2.40. The van der Waals surface area contributed by atoms with Gasteiger partial charge >= 0.3 is 6.18 Å². The number of nitrogens with zero attached hydrogens (tertiary/aromatic N) is 3. The molecule has 118 valence electrons. The number of aromatic nitrogens is 3. The number of halogens is 4. The van der Waals surface area contributed by atoms with Gasteiger partial charge in [0.05, 0.1) is 0 Å². The van der Waals surface area contributed by atoms with E-state index in [0.29, 0.717) is 18.5 Å². The summed E-state index contributed by atoms with van der Waals surface area (Å²) >= 11 is 5.83. The molecule has 1 fully saturated rings. The Morgan fingerprint density at radius 3 is 2.77 bits per heavy atom. The number of carbonyl (C=O) groups is 1. The highest BCUT2D eigenvalue weighted by atomic mass is 35.5. The van der Waals surface area contributed by atoms with Crippen LogP contribution in [0.3, 0.4) is 0 Å². The molecule has 0 saturated heterocycles. The summed E-state index contributed by atoms with van der Waals surface area (Å²) in [6.07, 6.45) is -2.23. The Bertz CT molecular complexity index is 739. The van der Waals surface area contributed by atoms with Crippen LogP contribution in [0.25, 0.3) is 5.65 Å². The van der Waals surface area contributed by atoms with Gasteiger partial charge in [0, 0.05) is 5.69 Å². The molecule has 1 aliphatic carbocycles. The van der Waals surface area contributed by atoms with Crippen LogP contribution in [0.15, 0.2) is 12.4 Å². The largest absolute Gasteiger partial charge is 0.408 e. The topological polar surface area (TPSA) is 59.3 Å². The van der Waals surface area contributed by atoms with Crippen molar-refractivity contribution >= 4 is 23.2 Å². The van der Waals surface area contributed by atoms with E-state index in [1.165, 1.54) is 10.7 Å². The van der Waals surface area contributed by atoms with E-state index in [1.54, 1.807) is 13.0 Å². The first-order valence-corrected chi connectivity index (χ1v) is 7.03.